The molecule has 2 atom stereocenters. The van der Waals surface area contributed by atoms with Crippen molar-refractivity contribution in [2.45, 2.75) is 32.7 Å². The lowest BCUT2D eigenvalue weighted by molar-refractivity contribution is -0.123. The Morgan fingerprint density at radius 1 is 1.30 bits per heavy atom. The summed E-state index contributed by atoms with van der Waals surface area (Å²) in [6, 6.07) is 5.41. The van der Waals surface area contributed by atoms with Crippen molar-refractivity contribution in [1.29, 1.82) is 0 Å². The highest BCUT2D eigenvalue weighted by molar-refractivity contribution is 5.96. The van der Waals surface area contributed by atoms with Gasteiger partial charge in [-0.1, -0.05) is 6.07 Å². The van der Waals surface area contributed by atoms with Crippen molar-refractivity contribution in [2.24, 2.45) is 11.7 Å². The molecule has 0 aliphatic carbocycles. The zero-order valence-corrected chi connectivity index (χ0v) is 11.9. The van der Waals surface area contributed by atoms with Crippen LogP contribution in [0.1, 0.15) is 35.7 Å². The van der Waals surface area contributed by atoms with Gasteiger partial charge in [0.15, 0.2) is 0 Å². The average molecular weight is 275 g/mol. The summed E-state index contributed by atoms with van der Waals surface area (Å²) >= 11 is 0. The molecule has 0 radical (unpaired) electrons. The van der Waals surface area contributed by atoms with Crippen molar-refractivity contribution >= 4 is 17.5 Å². The van der Waals surface area contributed by atoms with Gasteiger partial charge in [-0.2, -0.15) is 0 Å². The number of benzene rings is 1. The van der Waals surface area contributed by atoms with Gasteiger partial charge < -0.3 is 16.4 Å². The molecule has 1 fully saturated rings. The molecule has 2 unspecified atom stereocenters. The Kier molecular flexibility index (Phi) is 3.97. The van der Waals surface area contributed by atoms with Gasteiger partial charge in [-0.25, -0.2) is 0 Å². The van der Waals surface area contributed by atoms with Crippen LogP contribution in [0.25, 0.3) is 0 Å². The number of amides is 2. The summed E-state index contributed by atoms with van der Waals surface area (Å²) in [6.07, 6.45) is 1.54. The van der Waals surface area contributed by atoms with Crippen LogP contribution >= 0.6 is 0 Å². The molecule has 1 aromatic rings. The second-order valence-corrected chi connectivity index (χ2v) is 5.55. The predicted molar refractivity (Wildman–Crippen MR) is 78.0 cm³/mol. The number of carbonyl (C=O) groups excluding carboxylic acids is 2. The highest BCUT2D eigenvalue weighted by Crippen LogP contribution is 2.24. The number of primary amides is 1. The Labute approximate surface area is 118 Å². The summed E-state index contributed by atoms with van der Waals surface area (Å²) in [6.45, 7) is 4.28. The first-order valence-electron chi connectivity index (χ1n) is 6.86. The number of carbonyl (C=O) groups is 2. The number of piperidine rings is 1. The molecule has 0 spiro atoms. The third-order valence-electron chi connectivity index (χ3n) is 4.07. The highest BCUT2D eigenvalue weighted by Gasteiger charge is 2.32. The van der Waals surface area contributed by atoms with Crippen LogP contribution in [-0.4, -0.2) is 29.3 Å². The fraction of sp³-hybridized carbons (Fsp3) is 0.467. The molecule has 4 N–H and O–H groups in total. The molecule has 0 saturated carbocycles. The second-order valence-electron chi connectivity index (χ2n) is 5.55. The van der Waals surface area contributed by atoms with Gasteiger partial charge in [0, 0.05) is 23.8 Å². The van der Waals surface area contributed by atoms with Crippen LogP contribution in [0.5, 0.6) is 0 Å². The zero-order valence-electron chi connectivity index (χ0n) is 11.9. The fourth-order valence-corrected chi connectivity index (χ4v) is 2.56. The largest absolute Gasteiger partial charge is 0.398 e. The maximum absolute atomic E-state index is 12.6. The van der Waals surface area contributed by atoms with Crippen LogP contribution in [0.2, 0.25) is 0 Å². The third-order valence-corrected chi connectivity index (χ3v) is 4.07. The van der Waals surface area contributed by atoms with Crippen molar-refractivity contribution in [3.8, 4) is 0 Å². The second kappa shape index (κ2) is 5.53. The van der Waals surface area contributed by atoms with E-state index in [2.05, 4.69) is 0 Å². The lowest BCUT2D eigenvalue weighted by atomic mass is 9.92. The summed E-state index contributed by atoms with van der Waals surface area (Å²) in [7, 11) is 0. The van der Waals surface area contributed by atoms with E-state index in [0.717, 1.165) is 18.4 Å². The van der Waals surface area contributed by atoms with E-state index in [0.29, 0.717) is 17.8 Å². The van der Waals surface area contributed by atoms with Crippen molar-refractivity contribution < 1.29 is 9.59 Å². The van der Waals surface area contributed by atoms with Gasteiger partial charge in [0.1, 0.15) is 0 Å². The van der Waals surface area contributed by atoms with Gasteiger partial charge in [0.2, 0.25) is 5.91 Å². The number of anilines is 1. The topological polar surface area (TPSA) is 89.4 Å². The van der Waals surface area contributed by atoms with Crippen molar-refractivity contribution in [2.75, 3.05) is 12.3 Å². The standard InChI is InChI=1S/C15H21N3O2/c1-9-3-5-11(7-13(9)16)15(20)18-8-12(14(17)19)6-4-10(18)2/h3,5,7,10,12H,4,6,8,16H2,1-2H3,(H2,17,19). The van der Waals surface area contributed by atoms with E-state index in [1.165, 1.54) is 0 Å². The minimum atomic E-state index is -0.335. The van der Waals surface area contributed by atoms with Crippen LogP contribution in [-0.2, 0) is 4.79 Å². The fourth-order valence-electron chi connectivity index (χ4n) is 2.56. The number of aryl methyl sites for hydroxylation is 1. The van der Waals surface area contributed by atoms with Gasteiger partial charge in [0.05, 0.1) is 5.92 Å². The van der Waals surface area contributed by atoms with E-state index in [-0.39, 0.29) is 23.8 Å². The summed E-state index contributed by atoms with van der Waals surface area (Å²) in [5.74, 6) is -0.675. The minimum absolute atomic E-state index is 0.0878. The van der Waals surface area contributed by atoms with E-state index in [4.69, 9.17) is 11.5 Å². The number of hydrogen-bond acceptors (Lipinski definition) is 3. The molecule has 2 rings (SSSR count). The Morgan fingerprint density at radius 2 is 2.00 bits per heavy atom. The number of likely N-dealkylation sites (tertiary alicyclic amines) is 1. The summed E-state index contributed by atoms with van der Waals surface area (Å²) in [5, 5.41) is 0. The van der Waals surface area contributed by atoms with Gasteiger partial charge >= 0.3 is 0 Å². The van der Waals surface area contributed by atoms with E-state index < -0.39 is 0 Å². The quantitative estimate of drug-likeness (QED) is 0.797. The molecule has 1 aromatic carbocycles. The lowest BCUT2D eigenvalue weighted by Crippen LogP contribution is -2.48. The molecular weight excluding hydrogens is 254 g/mol. The van der Waals surface area contributed by atoms with Crippen molar-refractivity contribution in [3.05, 3.63) is 29.3 Å². The van der Waals surface area contributed by atoms with Gasteiger partial charge in [0.25, 0.3) is 5.91 Å². The molecule has 108 valence electrons. The van der Waals surface area contributed by atoms with Crippen molar-refractivity contribution in [3.63, 3.8) is 0 Å². The Hall–Kier alpha value is -2.04. The average Bonchev–Trinajstić information content (AvgIpc) is 2.41. The van der Waals surface area contributed by atoms with E-state index >= 15 is 0 Å². The molecule has 5 heteroatoms. The van der Waals surface area contributed by atoms with Crippen LogP contribution in [0.15, 0.2) is 18.2 Å². The zero-order chi connectivity index (χ0) is 14.9. The molecule has 0 bridgehead atoms. The summed E-state index contributed by atoms with van der Waals surface area (Å²) in [4.78, 5) is 25.6. The maximum Gasteiger partial charge on any atom is 0.254 e. The normalized spacial score (nSPS) is 22.6. The molecule has 5 nitrogen and oxygen atoms in total. The number of nitrogen functional groups attached to an aromatic ring is 1. The monoisotopic (exact) mass is 275 g/mol. The first kappa shape index (κ1) is 14.4. The minimum Gasteiger partial charge on any atom is -0.398 e. The molecule has 1 saturated heterocycles. The number of nitrogens with zero attached hydrogens (tertiary/aromatic N) is 1. The number of rotatable bonds is 2. The molecule has 20 heavy (non-hydrogen) atoms. The van der Waals surface area contributed by atoms with E-state index in [9.17, 15) is 9.59 Å². The van der Waals surface area contributed by atoms with Gasteiger partial charge in [-0.15, -0.1) is 0 Å². The van der Waals surface area contributed by atoms with Gasteiger partial charge in [-0.3, -0.25) is 9.59 Å². The predicted octanol–water partition coefficient (Wildman–Crippen LogP) is 1.30. The van der Waals surface area contributed by atoms with Gasteiger partial charge in [-0.05, 0) is 44.4 Å². The van der Waals surface area contributed by atoms with Crippen LogP contribution in [0.4, 0.5) is 5.69 Å². The van der Waals surface area contributed by atoms with Crippen LogP contribution < -0.4 is 11.5 Å². The number of hydrogen-bond donors (Lipinski definition) is 2. The Balaban J connectivity index is 2.21. The molecule has 2 amide bonds. The summed E-state index contributed by atoms with van der Waals surface area (Å²) in [5.41, 5.74) is 13.3. The first-order valence-corrected chi connectivity index (χ1v) is 6.86. The van der Waals surface area contributed by atoms with Crippen LogP contribution in [0, 0.1) is 12.8 Å². The van der Waals surface area contributed by atoms with Crippen LogP contribution in [0.3, 0.4) is 0 Å². The molecule has 1 aliphatic rings. The summed E-state index contributed by atoms with van der Waals surface area (Å²) < 4.78 is 0. The number of nitrogens with two attached hydrogens (primary N) is 2. The highest BCUT2D eigenvalue weighted by atomic mass is 16.2. The Bertz CT molecular complexity index is 542. The SMILES string of the molecule is Cc1ccc(C(=O)N2CC(C(N)=O)CCC2C)cc1N. The third kappa shape index (κ3) is 2.76. The first-order chi connectivity index (χ1) is 9.40. The maximum atomic E-state index is 12.6. The van der Waals surface area contributed by atoms with E-state index in [1.807, 2.05) is 19.9 Å². The van der Waals surface area contributed by atoms with Crippen molar-refractivity contribution in [1.82, 2.24) is 4.90 Å². The van der Waals surface area contributed by atoms with E-state index in [1.54, 1.807) is 17.0 Å². The molecule has 1 aliphatic heterocycles. The lowest BCUT2D eigenvalue weighted by Gasteiger charge is -2.37. The smallest absolute Gasteiger partial charge is 0.254 e. The Morgan fingerprint density at radius 3 is 2.60 bits per heavy atom. The molecule has 1 heterocycles. The molecule has 0 aromatic heterocycles. The molecular formula is C15H21N3O2.